The molecule has 0 spiro atoms. The standard InChI is InChI=1S/C24H30N4O2/c1-24(2,3)26-23(29)27-13-8-10-18(16-27)22-25-21(20-12-5-6-14-28(20)22)17-9-7-11-19(15-17)30-4/h5-7,9,11-12,14-15,18H,8,10,13,16H2,1-4H3,(H,26,29). The zero-order valence-electron chi connectivity index (χ0n) is 18.2. The van der Waals surface area contributed by atoms with Gasteiger partial charge < -0.3 is 19.4 Å². The van der Waals surface area contributed by atoms with E-state index in [1.54, 1.807) is 7.11 Å². The van der Waals surface area contributed by atoms with Crippen LogP contribution in [-0.4, -0.2) is 46.1 Å². The van der Waals surface area contributed by atoms with Gasteiger partial charge in [0.05, 0.1) is 18.3 Å². The van der Waals surface area contributed by atoms with Crippen LogP contribution < -0.4 is 10.1 Å². The molecule has 1 atom stereocenters. The molecule has 0 bridgehead atoms. The van der Waals surface area contributed by atoms with E-state index in [4.69, 9.17) is 9.72 Å². The van der Waals surface area contributed by atoms with E-state index in [2.05, 4.69) is 28.0 Å². The molecule has 1 aliphatic heterocycles. The Hall–Kier alpha value is -3.02. The maximum atomic E-state index is 12.7. The maximum absolute atomic E-state index is 12.7. The number of rotatable bonds is 3. The van der Waals surface area contributed by atoms with E-state index in [-0.39, 0.29) is 17.5 Å². The molecule has 0 saturated carbocycles. The molecule has 3 heterocycles. The summed E-state index contributed by atoms with van der Waals surface area (Å²) in [4.78, 5) is 19.7. The van der Waals surface area contributed by atoms with Crippen LogP contribution in [0.15, 0.2) is 48.7 Å². The van der Waals surface area contributed by atoms with Gasteiger partial charge in [-0.15, -0.1) is 0 Å². The Kier molecular flexibility index (Phi) is 5.41. The number of piperidine rings is 1. The number of aromatic nitrogens is 2. The normalized spacial score (nSPS) is 17.2. The minimum atomic E-state index is -0.246. The summed E-state index contributed by atoms with van der Waals surface area (Å²) >= 11 is 0. The highest BCUT2D eigenvalue weighted by atomic mass is 16.5. The van der Waals surface area contributed by atoms with Crippen molar-refractivity contribution >= 4 is 11.5 Å². The van der Waals surface area contributed by atoms with Gasteiger partial charge in [0.2, 0.25) is 0 Å². The minimum Gasteiger partial charge on any atom is -0.497 e. The Balaban J connectivity index is 1.68. The van der Waals surface area contributed by atoms with Crippen LogP contribution in [0, 0.1) is 0 Å². The number of hydrogen-bond acceptors (Lipinski definition) is 3. The van der Waals surface area contributed by atoms with Crippen molar-refractivity contribution in [3.8, 4) is 17.0 Å². The number of nitrogens with one attached hydrogen (secondary N) is 1. The first kappa shape index (κ1) is 20.3. The molecule has 0 aliphatic carbocycles. The van der Waals surface area contributed by atoms with Crippen molar-refractivity contribution in [1.29, 1.82) is 0 Å². The second-order valence-corrected chi connectivity index (χ2v) is 8.97. The smallest absolute Gasteiger partial charge is 0.317 e. The van der Waals surface area contributed by atoms with Crippen LogP contribution in [0.25, 0.3) is 16.8 Å². The van der Waals surface area contributed by atoms with Crippen molar-refractivity contribution in [2.75, 3.05) is 20.2 Å². The summed E-state index contributed by atoms with van der Waals surface area (Å²) in [6.45, 7) is 7.48. The monoisotopic (exact) mass is 406 g/mol. The zero-order valence-corrected chi connectivity index (χ0v) is 18.2. The minimum absolute atomic E-state index is 0.00100. The number of imidazole rings is 1. The largest absolute Gasteiger partial charge is 0.497 e. The lowest BCUT2D eigenvalue weighted by Crippen LogP contribution is -2.51. The summed E-state index contributed by atoms with van der Waals surface area (Å²) in [6, 6.07) is 14.2. The van der Waals surface area contributed by atoms with Crippen LogP contribution in [0.1, 0.15) is 45.4 Å². The third-order valence-corrected chi connectivity index (χ3v) is 5.47. The fourth-order valence-electron chi connectivity index (χ4n) is 4.10. The molecule has 1 fully saturated rings. The lowest BCUT2D eigenvalue weighted by atomic mass is 9.97. The number of likely N-dealkylation sites (tertiary alicyclic amines) is 1. The molecule has 2 aromatic heterocycles. The van der Waals surface area contributed by atoms with Crippen LogP contribution in [0.2, 0.25) is 0 Å². The number of hydrogen-bond donors (Lipinski definition) is 1. The van der Waals surface area contributed by atoms with E-state index in [1.165, 1.54) is 0 Å². The molecule has 6 heteroatoms. The van der Waals surface area contributed by atoms with Gasteiger partial charge in [-0.05, 0) is 57.9 Å². The molecule has 1 aliphatic rings. The number of pyridine rings is 1. The molecule has 1 N–H and O–H groups in total. The lowest BCUT2D eigenvalue weighted by Gasteiger charge is -2.34. The quantitative estimate of drug-likeness (QED) is 0.686. The average molecular weight is 407 g/mol. The molecule has 1 unspecified atom stereocenters. The van der Waals surface area contributed by atoms with Crippen molar-refractivity contribution in [3.05, 3.63) is 54.5 Å². The highest BCUT2D eigenvalue weighted by Gasteiger charge is 2.29. The summed E-state index contributed by atoms with van der Waals surface area (Å²) in [6.07, 6.45) is 4.05. The summed E-state index contributed by atoms with van der Waals surface area (Å²) < 4.78 is 7.58. The molecule has 1 saturated heterocycles. The third-order valence-electron chi connectivity index (χ3n) is 5.47. The van der Waals surface area contributed by atoms with Gasteiger partial charge in [0, 0.05) is 36.3 Å². The van der Waals surface area contributed by atoms with E-state index >= 15 is 0 Å². The number of carbonyl (C=O) groups excluding carboxylic acids is 1. The molecular weight excluding hydrogens is 376 g/mol. The molecule has 2 amide bonds. The molecular formula is C24H30N4O2. The highest BCUT2D eigenvalue weighted by Crippen LogP contribution is 2.33. The Morgan fingerprint density at radius 1 is 1.20 bits per heavy atom. The molecule has 0 radical (unpaired) electrons. The van der Waals surface area contributed by atoms with Crippen molar-refractivity contribution in [2.24, 2.45) is 0 Å². The first-order valence-corrected chi connectivity index (χ1v) is 10.5. The van der Waals surface area contributed by atoms with Gasteiger partial charge in [0.1, 0.15) is 11.6 Å². The van der Waals surface area contributed by atoms with Crippen molar-refractivity contribution in [1.82, 2.24) is 19.6 Å². The fourth-order valence-corrected chi connectivity index (χ4v) is 4.10. The molecule has 3 aromatic rings. The molecule has 4 rings (SSSR count). The average Bonchev–Trinajstić information content (AvgIpc) is 3.12. The summed E-state index contributed by atoms with van der Waals surface area (Å²) in [7, 11) is 1.68. The SMILES string of the molecule is COc1cccc(-c2nc(C3CCCN(C(=O)NC(C)(C)C)C3)n3ccccc23)c1. The van der Waals surface area contributed by atoms with Crippen LogP contribution in [0.3, 0.4) is 0 Å². The predicted octanol–water partition coefficient (Wildman–Crippen LogP) is 4.70. The Bertz CT molecular complexity index is 1050. The van der Waals surface area contributed by atoms with Gasteiger partial charge >= 0.3 is 6.03 Å². The summed E-state index contributed by atoms with van der Waals surface area (Å²) in [5.41, 5.74) is 2.80. The Morgan fingerprint density at radius 3 is 2.80 bits per heavy atom. The molecule has 158 valence electrons. The van der Waals surface area contributed by atoms with Crippen LogP contribution >= 0.6 is 0 Å². The first-order chi connectivity index (χ1) is 14.4. The van der Waals surface area contributed by atoms with E-state index in [0.29, 0.717) is 6.54 Å². The van der Waals surface area contributed by atoms with Crippen LogP contribution in [0.5, 0.6) is 5.75 Å². The van der Waals surface area contributed by atoms with Crippen LogP contribution in [-0.2, 0) is 0 Å². The first-order valence-electron chi connectivity index (χ1n) is 10.5. The second-order valence-electron chi connectivity index (χ2n) is 8.97. The zero-order chi connectivity index (χ0) is 21.3. The van der Waals surface area contributed by atoms with Gasteiger partial charge in [0.25, 0.3) is 0 Å². The maximum Gasteiger partial charge on any atom is 0.317 e. The number of urea groups is 1. The van der Waals surface area contributed by atoms with Gasteiger partial charge in [-0.25, -0.2) is 9.78 Å². The van der Waals surface area contributed by atoms with E-state index < -0.39 is 0 Å². The van der Waals surface area contributed by atoms with Crippen molar-refractivity contribution < 1.29 is 9.53 Å². The third kappa shape index (κ3) is 4.13. The molecule has 6 nitrogen and oxygen atoms in total. The number of fused-ring (bicyclic) bond motifs is 1. The second kappa shape index (κ2) is 8.01. The van der Waals surface area contributed by atoms with Crippen molar-refractivity contribution in [2.45, 2.75) is 45.1 Å². The summed E-state index contributed by atoms with van der Waals surface area (Å²) in [5, 5.41) is 3.09. The highest BCUT2D eigenvalue weighted by molar-refractivity contribution is 5.79. The topological polar surface area (TPSA) is 58.9 Å². The van der Waals surface area contributed by atoms with Gasteiger partial charge in [-0.3, -0.25) is 0 Å². The van der Waals surface area contributed by atoms with Gasteiger partial charge in [-0.2, -0.15) is 0 Å². The van der Waals surface area contributed by atoms with E-state index in [1.807, 2.05) is 56.0 Å². The number of methoxy groups -OCH3 is 1. The predicted molar refractivity (Wildman–Crippen MR) is 119 cm³/mol. The van der Waals surface area contributed by atoms with Crippen molar-refractivity contribution in [3.63, 3.8) is 0 Å². The number of carbonyl (C=O) groups is 1. The lowest BCUT2D eigenvalue weighted by molar-refractivity contribution is 0.170. The van der Waals surface area contributed by atoms with Crippen LogP contribution in [0.4, 0.5) is 4.79 Å². The van der Waals surface area contributed by atoms with E-state index in [9.17, 15) is 4.79 Å². The fraction of sp³-hybridized carbons (Fsp3) is 0.417. The Morgan fingerprint density at radius 2 is 2.03 bits per heavy atom. The van der Waals surface area contributed by atoms with Gasteiger partial charge in [0.15, 0.2) is 0 Å². The number of amides is 2. The van der Waals surface area contributed by atoms with Gasteiger partial charge in [-0.1, -0.05) is 18.2 Å². The summed E-state index contributed by atoms with van der Waals surface area (Å²) in [5.74, 6) is 2.02. The number of benzene rings is 1. The molecule has 30 heavy (non-hydrogen) atoms. The number of nitrogens with zero attached hydrogens (tertiary/aromatic N) is 3. The number of ether oxygens (including phenoxy) is 1. The van der Waals surface area contributed by atoms with E-state index in [0.717, 1.165) is 47.7 Å². The Labute approximate surface area is 177 Å². The molecule has 1 aromatic carbocycles.